The molecule has 1 aliphatic heterocycles. The van der Waals surface area contributed by atoms with Crippen LogP contribution >= 0.6 is 0 Å². The molecule has 6 nitrogen and oxygen atoms in total. The zero-order chi connectivity index (χ0) is 18.9. The van der Waals surface area contributed by atoms with E-state index in [1.165, 1.54) is 18.4 Å². The maximum atomic E-state index is 12.9. The van der Waals surface area contributed by atoms with Crippen LogP contribution in [0.3, 0.4) is 0 Å². The van der Waals surface area contributed by atoms with Crippen LogP contribution in [-0.2, 0) is 10.0 Å². The van der Waals surface area contributed by atoms with Gasteiger partial charge in [-0.05, 0) is 55.5 Å². The molecule has 0 bridgehead atoms. The van der Waals surface area contributed by atoms with Crippen molar-refractivity contribution in [1.82, 2.24) is 4.31 Å². The second kappa shape index (κ2) is 7.25. The highest BCUT2D eigenvalue weighted by Gasteiger charge is 2.31. The molecule has 3 rings (SSSR count). The minimum Gasteiger partial charge on any atom is -0.469 e. The Hall–Kier alpha value is -2.12. The number of aryl methyl sites for hydroxylation is 1. The van der Waals surface area contributed by atoms with Gasteiger partial charge in [-0.3, -0.25) is 4.79 Å². The smallest absolute Gasteiger partial charge is 0.259 e. The Morgan fingerprint density at radius 2 is 1.73 bits per heavy atom. The summed E-state index contributed by atoms with van der Waals surface area (Å²) in [7, 11) is -3.52. The molecule has 0 aliphatic carbocycles. The standard InChI is InChI=1S/C19H24N2O4S/c1-13-10-14(2)12-21(11-13)26(23,24)17-6-4-16(5-7-17)20-19(22)18-8-9-25-15(18)3/h4-9,13-14H,10-12H2,1-3H3,(H,20,22). The Bertz CT molecular complexity index is 877. The van der Waals surface area contributed by atoms with Gasteiger partial charge >= 0.3 is 0 Å². The number of nitrogens with zero attached hydrogens (tertiary/aromatic N) is 1. The first kappa shape index (κ1) is 18.7. The van der Waals surface area contributed by atoms with E-state index in [4.69, 9.17) is 4.42 Å². The van der Waals surface area contributed by atoms with Crippen LogP contribution in [0.15, 0.2) is 45.9 Å². The topological polar surface area (TPSA) is 79.6 Å². The van der Waals surface area contributed by atoms with Crippen LogP contribution < -0.4 is 5.32 Å². The lowest BCUT2D eigenvalue weighted by Crippen LogP contribution is -2.42. The molecule has 0 spiro atoms. The van der Waals surface area contributed by atoms with Crippen LogP contribution in [0.25, 0.3) is 0 Å². The zero-order valence-corrected chi connectivity index (χ0v) is 16.0. The van der Waals surface area contributed by atoms with Gasteiger partial charge in [-0.25, -0.2) is 8.42 Å². The molecular weight excluding hydrogens is 352 g/mol. The average molecular weight is 376 g/mol. The van der Waals surface area contributed by atoms with Crippen molar-refractivity contribution in [1.29, 1.82) is 0 Å². The van der Waals surface area contributed by atoms with Gasteiger partial charge < -0.3 is 9.73 Å². The van der Waals surface area contributed by atoms with Crippen molar-refractivity contribution in [3.63, 3.8) is 0 Å². The molecular formula is C19H24N2O4S. The SMILES string of the molecule is Cc1occc1C(=O)Nc1ccc(S(=O)(=O)N2CC(C)CC(C)C2)cc1. The lowest BCUT2D eigenvalue weighted by molar-refractivity contribution is 0.102. The van der Waals surface area contributed by atoms with Gasteiger partial charge in [0.15, 0.2) is 0 Å². The minimum absolute atomic E-state index is 0.247. The molecule has 1 aliphatic rings. The van der Waals surface area contributed by atoms with E-state index >= 15 is 0 Å². The first-order chi connectivity index (χ1) is 12.3. The van der Waals surface area contributed by atoms with E-state index in [1.54, 1.807) is 29.4 Å². The number of anilines is 1. The molecule has 2 aromatic rings. The van der Waals surface area contributed by atoms with Crippen LogP contribution in [0.2, 0.25) is 0 Å². The predicted octanol–water partition coefficient (Wildman–Crippen LogP) is 3.51. The van der Waals surface area contributed by atoms with Gasteiger partial charge in [0, 0.05) is 18.8 Å². The molecule has 0 radical (unpaired) electrons. The van der Waals surface area contributed by atoms with E-state index < -0.39 is 10.0 Å². The number of carbonyl (C=O) groups excluding carboxylic acids is 1. The fourth-order valence-electron chi connectivity index (χ4n) is 3.48. The fraction of sp³-hybridized carbons (Fsp3) is 0.421. The fourth-order valence-corrected chi connectivity index (χ4v) is 5.16. The number of hydrogen-bond donors (Lipinski definition) is 1. The average Bonchev–Trinajstić information content (AvgIpc) is 3.00. The molecule has 0 saturated carbocycles. The summed E-state index contributed by atoms with van der Waals surface area (Å²) in [5.74, 6) is 0.955. The lowest BCUT2D eigenvalue weighted by Gasteiger charge is -2.34. The molecule has 1 aromatic carbocycles. The Morgan fingerprint density at radius 1 is 1.12 bits per heavy atom. The van der Waals surface area contributed by atoms with E-state index in [2.05, 4.69) is 19.2 Å². The van der Waals surface area contributed by atoms with Crippen LogP contribution in [0.1, 0.15) is 36.4 Å². The molecule has 2 atom stereocenters. The number of furan rings is 1. The molecule has 7 heteroatoms. The van der Waals surface area contributed by atoms with Gasteiger partial charge in [-0.1, -0.05) is 13.8 Å². The Kier molecular flexibility index (Phi) is 5.20. The third-order valence-corrected chi connectivity index (χ3v) is 6.53. The van der Waals surface area contributed by atoms with Gasteiger partial charge in [0.25, 0.3) is 5.91 Å². The van der Waals surface area contributed by atoms with Gasteiger partial charge in [0.2, 0.25) is 10.0 Å². The Balaban J connectivity index is 1.74. The van der Waals surface area contributed by atoms with E-state index in [9.17, 15) is 13.2 Å². The molecule has 1 amide bonds. The maximum Gasteiger partial charge on any atom is 0.259 e. The quantitative estimate of drug-likeness (QED) is 0.886. The summed E-state index contributed by atoms with van der Waals surface area (Å²) in [5, 5.41) is 2.75. The van der Waals surface area contributed by atoms with E-state index in [0.29, 0.717) is 41.9 Å². The van der Waals surface area contributed by atoms with Crippen LogP contribution in [0.5, 0.6) is 0 Å². The normalized spacial score (nSPS) is 21.5. The molecule has 2 heterocycles. The summed E-state index contributed by atoms with van der Waals surface area (Å²) in [6, 6.07) is 7.89. The third kappa shape index (κ3) is 3.83. The summed E-state index contributed by atoms with van der Waals surface area (Å²) in [6.07, 6.45) is 2.50. The number of sulfonamides is 1. The van der Waals surface area contributed by atoms with Crippen LogP contribution in [0, 0.1) is 18.8 Å². The van der Waals surface area contributed by atoms with Gasteiger partial charge in [-0.2, -0.15) is 4.31 Å². The van der Waals surface area contributed by atoms with E-state index in [0.717, 1.165) is 6.42 Å². The van der Waals surface area contributed by atoms with Crippen molar-refractivity contribution in [3.8, 4) is 0 Å². The number of benzene rings is 1. The molecule has 1 fully saturated rings. The minimum atomic E-state index is -3.52. The third-order valence-electron chi connectivity index (χ3n) is 4.69. The molecule has 1 saturated heterocycles. The first-order valence-corrected chi connectivity index (χ1v) is 10.2. The lowest BCUT2D eigenvalue weighted by atomic mass is 9.94. The largest absolute Gasteiger partial charge is 0.469 e. The number of nitrogens with one attached hydrogen (secondary N) is 1. The van der Waals surface area contributed by atoms with Crippen LogP contribution in [0.4, 0.5) is 5.69 Å². The molecule has 1 aromatic heterocycles. The second-order valence-electron chi connectivity index (χ2n) is 7.14. The molecule has 1 N–H and O–H groups in total. The number of rotatable bonds is 4. The summed E-state index contributed by atoms with van der Waals surface area (Å²) >= 11 is 0. The predicted molar refractivity (Wildman–Crippen MR) is 99.5 cm³/mol. The highest BCUT2D eigenvalue weighted by molar-refractivity contribution is 7.89. The molecule has 2 unspecified atom stereocenters. The van der Waals surface area contributed by atoms with Gasteiger partial charge in [-0.15, -0.1) is 0 Å². The molecule has 26 heavy (non-hydrogen) atoms. The second-order valence-corrected chi connectivity index (χ2v) is 9.07. The zero-order valence-electron chi connectivity index (χ0n) is 15.2. The van der Waals surface area contributed by atoms with E-state index in [1.807, 2.05) is 0 Å². The summed E-state index contributed by atoms with van der Waals surface area (Å²) < 4.78 is 32.4. The highest BCUT2D eigenvalue weighted by Crippen LogP contribution is 2.27. The maximum absolute atomic E-state index is 12.9. The first-order valence-electron chi connectivity index (χ1n) is 8.73. The van der Waals surface area contributed by atoms with Crippen molar-refractivity contribution in [2.75, 3.05) is 18.4 Å². The van der Waals surface area contributed by atoms with Gasteiger partial charge in [0.1, 0.15) is 5.76 Å². The summed E-state index contributed by atoms with van der Waals surface area (Å²) in [5.41, 5.74) is 0.993. The van der Waals surface area contributed by atoms with E-state index in [-0.39, 0.29) is 10.8 Å². The summed E-state index contributed by atoms with van der Waals surface area (Å²) in [6.45, 7) is 6.96. The van der Waals surface area contributed by atoms with Crippen molar-refractivity contribution < 1.29 is 17.6 Å². The van der Waals surface area contributed by atoms with Crippen molar-refractivity contribution >= 4 is 21.6 Å². The monoisotopic (exact) mass is 376 g/mol. The molecule has 140 valence electrons. The van der Waals surface area contributed by atoms with Crippen molar-refractivity contribution in [2.24, 2.45) is 11.8 Å². The van der Waals surface area contributed by atoms with Crippen molar-refractivity contribution in [3.05, 3.63) is 47.9 Å². The van der Waals surface area contributed by atoms with Crippen LogP contribution in [-0.4, -0.2) is 31.7 Å². The highest BCUT2D eigenvalue weighted by atomic mass is 32.2. The number of piperidine rings is 1. The Morgan fingerprint density at radius 3 is 2.27 bits per heavy atom. The Labute approximate surface area is 154 Å². The van der Waals surface area contributed by atoms with Gasteiger partial charge in [0.05, 0.1) is 16.7 Å². The number of hydrogen-bond acceptors (Lipinski definition) is 4. The number of amides is 1. The van der Waals surface area contributed by atoms with Crippen molar-refractivity contribution in [2.45, 2.75) is 32.1 Å². The summed E-state index contributed by atoms with van der Waals surface area (Å²) in [4.78, 5) is 12.4. The number of carbonyl (C=O) groups is 1.